The number of nitrogens with zero attached hydrogens (tertiary/aromatic N) is 3. The minimum atomic E-state index is -0.100. The molecule has 2 aliphatic heterocycles. The van der Waals surface area contributed by atoms with Gasteiger partial charge in [0.1, 0.15) is 5.75 Å². The fraction of sp³-hybridized carbons (Fsp3) is 0.650. The van der Waals surface area contributed by atoms with E-state index < -0.39 is 0 Å². The van der Waals surface area contributed by atoms with Gasteiger partial charge in [-0.2, -0.15) is 0 Å². The summed E-state index contributed by atoms with van der Waals surface area (Å²) in [6.45, 7) is 3.47. The van der Waals surface area contributed by atoms with E-state index in [1.54, 1.807) is 7.11 Å². The first kappa shape index (κ1) is 19.9. The van der Waals surface area contributed by atoms with Gasteiger partial charge in [0, 0.05) is 49.9 Å². The molecule has 2 aliphatic rings. The fourth-order valence-corrected chi connectivity index (χ4v) is 4.15. The lowest BCUT2D eigenvalue weighted by molar-refractivity contribution is -0.0306. The van der Waals surface area contributed by atoms with E-state index in [-0.39, 0.29) is 18.6 Å². The van der Waals surface area contributed by atoms with E-state index in [0.717, 1.165) is 37.4 Å². The quantitative estimate of drug-likeness (QED) is 0.816. The third kappa shape index (κ3) is 4.91. The van der Waals surface area contributed by atoms with Crippen molar-refractivity contribution in [2.75, 3.05) is 59.3 Å². The van der Waals surface area contributed by atoms with Gasteiger partial charge in [0.2, 0.25) is 0 Å². The van der Waals surface area contributed by atoms with Crippen molar-refractivity contribution in [2.45, 2.75) is 24.9 Å². The molecule has 0 saturated carbocycles. The number of carbonyl (C=O) groups excluding carboxylic acids is 1. The van der Waals surface area contributed by atoms with Crippen molar-refractivity contribution in [3.05, 3.63) is 24.3 Å². The zero-order chi connectivity index (χ0) is 19.4. The number of hydrogen-bond donors (Lipinski definition) is 2. The van der Waals surface area contributed by atoms with Crippen LogP contribution in [0.1, 0.15) is 12.8 Å². The van der Waals surface area contributed by atoms with Crippen molar-refractivity contribution in [3.8, 4) is 5.75 Å². The van der Waals surface area contributed by atoms with Gasteiger partial charge in [0.05, 0.1) is 7.11 Å². The Bertz CT molecular complexity index is 622. The number of amides is 2. The van der Waals surface area contributed by atoms with Gasteiger partial charge >= 0.3 is 6.03 Å². The highest BCUT2D eigenvalue weighted by Crippen LogP contribution is 2.30. The number of carbonyl (C=O) groups is 1. The number of nitrogens with one attached hydrogen (secondary N) is 1. The first-order valence-electron chi connectivity index (χ1n) is 9.71. The summed E-state index contributed by atoms with van der Waals surface area (Å²) >= 11 is 0. The van der Waals surface area contributed by atoms with Crippen LogP contribution in [0.25, 0.3) is 0 Å². The average molecular weight is 377 g/mol. The summed E-state index contributed by atoms with van der Waals surface area (Å²) in [5, 5.41) is 12.7. The molecule has 150 valence electrons. The standard InChI is InChI=1S/C20H32N4O3/c1-22(2)12-17-10-18-13-23(11-15(14-25)8-9-24(17)18)20(26)21-16-4-6-19(27-3)7-5-16/h4-7,15,17-18,25H,8-14H2,1-3H3,(H,21,26)/t15?,17-,18+/m0/s1. The highest BCUT2D eigenvalue weighted by Gasteiger charge is 2.41. The average Bonchev–Trinajstić information content (AvgIpc) is 2.63. The molecular weight excluding hydrogens is 344 g/mol. The van der Waals surface area contributed by atoms with E-state index >= 15 is 0 Å². The van der Waals surface area contributed by atoms with Gasteiger partial charge in [0.25, 0.3) is 0 Å². The first-order chi connectivity index (χ1) is 13.0. The summed E-state index contributed by atoms with van der Waals surface area (Å²) in [7, 11) is 5.82. The molecule has 1 unspecified atom stereocenters. The number of aliphatic hydroxyl groups is 1. The topological polar surface area (TPSA) is 68.3 Å². The van der Waals surface area contributed by atoms with Gasteiger partial charge < -0.3 is 25.0 Å². The Balaban J connectivity index is 1.64. The molecule has 2 heterocycles. The van der Waals surface area contributed by atoms with Crippen molar-refractivity contribution >= 4 is 11.7 Å². The molecule has 0 aliphatic carbocycles. The maximum absolute atomic E-state index is 12.9. The molecule has 7 heteroatoms. The molecule has 0 bridgehead atoms. The second-order valence-corrected chi connectivity index (χ2v) is 7.94. The molecule has 27 heavy (non-hydrogen) atoms. The lowest BCUT2D eigenvalue weighted by Gasteiger charge is -2.53. The van der Waals surface area contributed by atoms with Crippen LogP contribution in [0.3, 0.4) is 0 Å². The van der Waals surface area contributed by atoms with Gasteiger partial charge in [-0.3, -0.25) is 4.90 Å². The Morgan fingerprint density at radius 2 is 2.04 bits per heavy atom. The van der Waals surface area contributed by atoms with Crippen LogP contribution in [0.2, 0.25) is 0 Å². The molecule has 2 N–H and O–H groups in total. The van der Waals surface area contributed by atoms with Crippen molar-refractivity contribution in [3.63, 3.8) is 0 Å². The molecular formula is C20H32N4O3. The molecule has 0 radical (unpaired) electrons. The number of likely N-dealkylation sites (N-methyl/N-ethyl adjacent to an activating group) is 1. The van der Waals surface area contributed by atoms with Gasteiger partial charge in [-0.25, -0.2) is 4.79 Å². The predicted octanol–water partition coefficient (Wildman–Crippen LogP) is 1.55. The number of anilines is 1. The van der Waals surface area contributed by atoms with Crippen LogP contribution in [0.15, 0.2) is 24.3 Å². The molecule has 2 amide bonds. The fourth-order valence-electron chi connectivity index (χ4n) is 4.15. The molecule has 7 nitrogen and oxygen atoms in total. The second-order valence-electron chi connectivity index (χ2n) is 7.94. The summed E-state index contributed by atoms with van der Waals surface area (Å²) in [5.74, 6) is 0.879. The Morgan fingerprint density at radius 1 is 1.30 bits per heavy atom. The summed E-state index contributed by atoms with van der Waals surface area (Å²) in [4.78, 5) is 19.5. The van der Waals surface area contributed by atoms with Crippen molar-refractivity contribution < 1.29 is 14.6 Å². The van der Waals surface area contributed by atoms with Crippen LogP contribution in [-0.2, 0) is 0 Å². The molecule has 2 saturated heterocycles. The van der Waals surface area contributed by atoms with Gasteiger partial charge in [-0.1, -0.05) is 0 Å². The van der Waals surface area contributed by atoms with E-state index in [4.69, 9.17) is 4.74 Å². The summed E-state index contributed by atoms with van der Waals surface area (Å²) in [6, 6.07) is 8.21. The van der Waals surface area contributed by atoms with Gasteiger partial charge in [-0.05, 0) is 57.7 Å². The van der Waals surface area contributed by atoms with Crippen LogP contribution in [0, 0.1) is 5.92 Å². The Labute approximate surface area is 161 Å². The Hall–Kier alpha value is -1.83. The maximum atomic E-state index is 12.9. The lowest BCUT2D eigenvalue weighted by atomic mass is 9.88. The molecule has 0 aromatic heterocycles. The SMILES string of the molecule is COc1ccc(NC(=O)N2CC(CO)CCN3[C@H](C[C@H]3CN(C)C)C2)cc1. The highest BCUT2D eigenvalue weighted by atomic mass is 16.5. The van der Waals surface area contributed by atoms with Crippen molar-refractivity contribution in [1.29, 1.82) is 0 Å². The Morgan fingerprint density at radius 3 is 2.67 bits per heavy atom. The number of rotatable bonds is 5. The van der Waals surface area contributed by atoms with Gasteiger partial charge in [-0.15, -0.1) is 0 Å². The normalized spacial score (nSPS) is 26.0. The van der Waals surface area contributed by atoms with E-state index in [0.29, 0.717) is 25.2 Å². The molecule has 2 fully saturated rings. The third-order valence-electron chi connectivity index (χ3n) is 5.65. The van der Waals surface area contributed by atoms with Crippen molar-refractivity contribution in [2.24, 2.45) is 5.92 Å². The second kappa shape index (κ2) is 8.91. The molecule has 3 rings (SSSR count). The summed E-state index contributed by atoms with van der Waals surface area (Å²) in [5.41, 5.74) is 0.749. The van der Waals surface area contributed by atoms with Crippen LogP contribution in [0.5, 0.6) is 5.75 Å². The zero-order valence-electron chi connectivity index (χ0n) is 16.6. The van der Waals surface area contributed by atoms with Crippen LogP contribution < -0.4 is 10.1 Å². The van der Waals surface area contributed by atoms with E-state index in [1.807, 2.05) is 29.2 Å². The monoisotopic (exact) mass is 376 g/mol. The minimum absolute atomic E-state index is 0.100. The number of fused-ring (bicyclic) bond motifs is 1. The summed E-state index contributed by atoms with van der Waals surface area (Å²) < 4.78 is 5.16. The lowest BCUT2D eigenvalue weighted by Crippen LogP contribution is -2.64. The van der Waals surface area contributed by atoms with E-state index in [9.17, 15) is 9.90 Å². The largest absolute Gasteiger partial charge is 0.497 e. The number of hydrogen-bond acceptors (Lipinski definition) is 5. The Kier molecular flexibility index (Phi) is 6.57. The highest BCUT2D eigenvalue weighted by molar-refractivity contribution is 5.89. The first-order valence-corrected chi connectivity index (χ1v) is 9.71. The molecule has 1 aromatic rings. The molecule has 0 spiro atoms. The van der Waals surface area contributed by atoms with Gasteiger partial charge in [0.15, 0.2) is 0 Å². The van der Waals surface area contributed by atoms with Crippen LogP contribution in [0.4, 0.5) is 10.5 Å². The van der Waals surface area contributed by atoms with Crippen molar-refractivity contribution in [1.82, 2.24) is 14.7 Å². The molecule has 1 aromatic carbocycles. The minimum Gasteiger partial charge on any atom is -0.497 e. The maximum Gasteiger partial charge on any atom is 0.321 e. The van der Waals surface area contributed by atoms with Crippen LogP contribution in [-0.4, -0.2) is 91.9 Å². The number of benzene rings is 1. The van der Waals surface area contributed by atoms with E-state index in [1.165, 1.54) is 0 Å². The van der Waals surface area contributed by atoms with Crippen LogP contribution >= 0.6 is 0 Å². The zero-order valence-corrected chi connectivity index (χ0v) is 16.6. The third-order valence-corrected chi connectivity index (χ3v) is 5.65. The van der Waals surface area contributed by atoms with E-state index in [2.05, 4.69) is 29.2 Å². The number of methoxy groups -OCH3 is 1. The summed E-state index contributed by atoms with van der Waals surface area (Å²) in [6.07, 6.45) is 2.04. The number of aliphatic hydroxyl groups excluding tert-OH is 1. The molecule has 3 atom stereocenters. The smallest absolute Gasteiger partial charge is 0.321 e. The predicted molar refractivity (Wildman–Crippen MR) is 106 cm³/mol. The number of ether oxygens (including phenoxy) is 1. The number of urea groups is 1.